The molecule has 0 heterocycles. The Morgan fingerprint density at radius 2 is 1.83 bits per heavy atom. The number of hydrogen-bond donors (Lipinski definition) is 2. The Morgan fingerprint density at radius 1 is 1.22 bits per heavy atom. The van der Waals surface area contributed by atoms with Crippen molar-refractivity contribution in [2.24, 2.45) is 29.4 Å². The van der Waals surface area contributed by atoms with Gasteiger partial charge in [0.25, 0.3) is 0 Å². The molecule has 3 unspecified atom stereocenters. The second-order valence-corrected chi connectivity index (χ2v) is 6.71. The molecule has 18 heavy (non-hydrogen) atoms. The van der Waals surface area contributed by atoms with Crippen LogP contribution in [0.2, 0.25) is 0 Å². The van der Waals surface area contributed by atoms with Crippen LogP contribution in [0.4, 0.5) is 0 Å². The molecule has 4 atom stereocenters. The summed E-state index contributed by atoms with van der Waals surface area (Å²) < 4.78 is 0. The van der Waals surface area contributed by atoms with E-state index in [1.807, 2.05) is 13.8 Å². The van der Waals surface area contributed by atoms with Crippen molar-refractivity contribution in [2.45, 2.75) is 66.0 Å². The van der Waals surface area contributed by atoms with Crippen LogP contribution in [0.25, 0.3) is 0 Å². The highest BCUT2D eigenvalue weighted by molar-refractivity contribution is 5.82. The molecule has 0 bridgehead atoms. The fourth-order valence-corrected chi connectivity index (χ4v) is 2.95. The number of amides is 1. The van der Waals surface area contributed by atoms with Crippen molar-refractivity contribution in [3.8, 4) is 0 Å². The fourth-order valence-electron chi connectivity index (χ4n) is 2.95. The van der Waals surface area contributed by atoms with E-state index in [0.717, 1.165) is 6.42 Å². The predicted molar refractivity (Wildman–Crippen MR) is 76.1 cm³/mol. The Kier molecular flexibility index (Phi) is 5.64. The molecule has 1 fully saturated rings. The summed E-state index contributed by atoms with van der Waals surface area (Å²) in [6.07, 6.45) is 3.60. The third-order valence-electron chi connectivity index (χ3n) is 4.37. The van der Waals surface area contributed by atoms with Crippen LogP contribution in [0.15, 0.2) is 0 Å². The molecule has 1 aliphatic rings. The van der Waals surface area contributed by atoms with Gasteiger partial charge in [-0.05, 0) is 36.5 Å². The Balaban J connectivity index is 2.63. The molecule has 1 amide bonds. The molecule has 3 nitrogen and oxygen atoms in total. The lowest BCUT2D eigenvalue weighted by Gasteiger charge is -2.38. The van der Waals surface area contributed by atoms with E-state index in [-0.39, 0.29) is 17.9 Å². The molecule has 0 aromatic heterocycles. The largest absolute Gasteiger partial charge is 0.352 e. The van der Waals surface area contributed by atoms with E-state index >= 15 is 0 Å². The van der Waals surface area contributed by atoms with Crippen molar-refractivity contribution in [2.75, 3.05) is 0 Å². The van der Waals surface area contributed by atoms with E-state index in [1.54, 1.807) is 0 Å². The van der Waals surface area contributed by atoms with Gasteiger partial charge < -0.3 is 11.1 Å². The van der Waals surface area contributed by atoms with Crippen LogP contribution in [0.1, 0.15) is 53.9 Å². The van der Waals surface area contributed by atoms with E-state index in [0.29, 0.717) is 23.8 Å². The molecule has 1 saturated carbocycles. The average molecular weight is 254 g/mol. The lowest BCUT2D eigenvalue weighted by atomic mass is 9.74. The normalized spacial score (nSPS) is 30.6. The zero-order chi connectivity index (χ0) is 13.9. The second-order valence-electron chi connectivity index (χ2n) is 6.71. The molecule has 3 N–H and O–H groups in total. The van der Waals surface area contributed by atoms with Crippen LogP contribution in [0.3, 0.4) is 0 Å². The Labute approximate surface area is 112 Å². The predicted octanol–water partition coefficient (Wildman–Crippen LogP) is 2.55. The van der Waals surface area contributed by atoms with E-state index in [2.05, 4.69) is 26.1 Å². The molecule has 106 valence electrons. The van der Waals surface area contributed by atoms with Crippen molar-refractivity contribution in [3.63, 3.8) is 0 Å². The van der Waals surface area contributed by atoms with Crippen molar-refractivity contribution in [1.82, 2.24) is 5.32 Å². The Hall–Kier alpha value is -0.570. The third kappa shape index (κ3) is 3.98. The number of nitrogens with one attached hydrogen (secondary N) is 1. The average Bonchev–Trinajstić information content (AvgIpc) is 2.27. The molecule has 1 aliphatic carbocycles. The number of hydrogen-bond acceptors (Lipinski definition) is 2. The van der Waals surface area contributed by atoms with Gasteiger partial charge in [0, 0.05) is 6.04 Å². The summed E-state index contributed by atoms with van der Waals surface area (Å²) in [5, 5.41) is 3.20. The Bertz CT molecular complexity index is 276. The van der Waals surface area contributed by atoms with Crippen molar-refractivity contribution < 1.29 is 4.79 Å². The maximum Gasteiger partial charge on any atom is 0.237 e. The summed E-state index contributed by atoms with van der Waals surface area (Å²) in [5.74, 6) is 2.15. The topological polar surface area (TPSA) is 55.1 Å². The van der Waals surface area contributed by atoms with Gasteiger partial charge >= 0.3 is 0 Å². The van der Waals surface area contributed by atoms with Gasteiger partial charge in [0.1, 0.15) is 0 Å². The molecule has 0 aromatic rings. The SMILES string of the molecule is CC1CCC(C(C)C)C(NC(=O)[C@@H](N)C(C)C)C1. The summed E-state index contributed by atoms with van der Waals surface area (Å²) in [6.45, 7) is 10.8. The van der Waals surface area contributed by atoms with Gasteiger partial charge in [-0.1, -0.05) is 41.0 Å². The van der Waals surface area contributed by atoms with E-state index in [1.165, 1.54) is 12.8 Å². The lowest BCUT2D eigenvalue weighted by Crippen LogP contribution is -2.52. The van der Waals surface area contributed by atoms with E-state index < -0.39 is 0 Å². The van der Waals surface area contributed by atoms with Crippen molar-refractivity contribution in [3.05, 3.63) is 0 Å². The first-order valence-corrected chi connectivity index (χ1v) is 7.38. The lowest BCUT2D eigenvalue weighted by molar-refractivity contribution is -0.124. The number of carbonyl (C=O) groups excluding carboxylic acids is 1. The highest BCUT2D eigenvalue weighted by Crippen LogP contribution is 2.33. The Morgan fingerprint density at radius 3 is 2.33 bits per heavy atom. The van der Waals surface area contributed by atoms with Crippen LogP contribution >= 0.6 is 0 Å². The summed E-state index contributed by atoms with van der Waals surface area (Å²) in [4.78, 5) is 12.1. The monoisotopic (exact) mass is 254 g/mol. The molecule has 0 spiro atoms. The maximum atomic E-state index is 12.1. The van der Waals surface area contributed by atoms with Crippen LogP contribution < -0.4 is 11.1 Å². The molecule has 0 saturated heterocycles. The molecule has 0 aromatic carbocycles. The summed E-state index contributed by atoms with van der Waals surface area (Å²) in [6, 6.07) is -0.0684. The minimum absolute atomic E-state index is 0.0229. The highest BCUT2D eigenvalue weighted by atomic mass is 16.2. The van der Waals surface area contributed by atoms with Crippen LogP contribution in [0, 0.1) is 23.7 Å². The van der Waals surface area contributed by atoms with Gasteiger partial charge in [-0.3, -0.25) is 4.79 Å². The first kappa shape index (κ1) is 15.5. The quantitative estimate of drug-likeness (QED) is 0.810. The zero-order valence-electron chi connectivity index (χ0n) is 12.6. The number of nitrogens with two attached hydrogens (primary N) is 1. The third-order valence-corrected chi connectivity index (χ3v) is 4.37. The van der Waals surface area contributed by atoms with Crippen LogP contribution in [-0.4, -0.2) is 18.0 Å². The molecule has 0 aliphatic heterocycles. The minimum atomic E-state index is -0.380. The smallest absolute Gasteiger partial charge is 0.237 e. The summed E-state index contributed by atoms with van der Waals surface area (Å²) in [7, 11) is 0. The van der Waals surface area contributed by atoms with Gasteiger partial charge in [0.05, 0.1) is 6.04 Å². The summed E-state index contributed by atoms with van der Waals surface area (Å²) in [5.41, 5.74) is 5.92. The van der Waals surface area contributed by atoms with Gasteiger partial charge in [-0.15, -0.1) is 0 Å². The maximum absolute atomic E-state index is 12.1. The van der Waals surface area contributed by atoms with Crippen LogP contribution in [0.5, 0.6) is 0 Å². The minimum Gasteiger partial charge on any atom is -0.352 e. The number of carbonyl (C=O) groups is 1. The van der Waals surface area contributed by atoms with Gasteiger partial charge in [-0.2, -0.15) is 0 Å². The zero-order valence-corrected chi connectivity index (χ0v) is 12.6. The van der Waals surface area contributed by atoms with Crippen molar-refractivity contribution in [1.29, 1.82) is 0 Å². The first-order valence-electron chi connectivity index (χ1n) is 7.38. The van der Waals surface area contributed by atoms with Gasteiger partial charge in [-0.25, -0.2) is 0 Å². The van der Waals surface area contributed by atoms with E-state index in [4.69, 9.17) is 5.73 Å². The fraction of sp³-hybridized carbons (Fsp3) is 0.933. The summed E-state index contributed by atoms with van der Waals surface area (Å²) >= 11 is 0. The van der Waals surface area contributed by atoms with Crippen molar-refractivity contribution >= 4 is 5.91 Å². The number of rotatable bonds is 4. The molecular weight excluding hydrogens is 224 g/mol. The standard InChI is InChI=1S/C15H30N2O/c1-9(2)12-7-6-11(5)8-13(12)17-15(18)14(16)10(3)4/h9-14H,6-8,16H2,1-5H3,(H,17,18)/t11?,12?,13?,14-/m0/s1. The molecular formula is C15H30N2O. The van der Waals surface area contributed by atoms with E-state index in [9.17, 15) is 4.79 Å². The molecule has 1 rings (SSSR count). The molecule has 3 heteroatoms. The highest BCUT2D eigenvalue weighted by Gasteiger charge is 2.32. The van der Waals surface area contributed by atoms with Gasteiger partial charge in [0.2, 0.25) is 5.91 Å². The van der Waals surface area contributed by atoms with Crippen LogP contribution in [-0.2, 0) is 4.79 Å². The van der Waals surface area contributed by atoms with Gasteiger partial charge in [0.15, 0.2) is 0 Å². The molecule has 0 radical (unpaired) electrons. The second kappa shape index (κ2) is 6.55. The first-order chi connectivity index (χ1) is 8.32.